The molecule has 3 aromatic carbocycles. The average Bonchev–Trinajstić information content (AvgIpc) is 3.22. The lowest BCUT2D eigenvalue weighted by Crippen LogP contribution is -2.30. The Bertz CT molecular complexity index is 1360. The Balaban J connectivity index is 1.37. The van der Waals surface area contributed by atoms with Gasteiger partial charge < -0.3 is 19.8 Å². The molecule has 1 amide bonds. The normalized spacial score (nSPS) is 11.3. The van der Waals surface area contributed by atoms with Crippen molar-refractivity contribution in [3.63, 3.8) is 0 Å². The van der Waals surface area contributed by atoms with E-state index in [1.165, 1.54) is 12.1 Å². The molecule has 0 radical (unpaired) electrons. The summed E-state index contributed by atoms with van der Waals surface area (Å²) in [5, 5.41) is 19.3. The van der Waals surface area contributed by atoms with Crippen molar-refractivity contribution in [2.75, 3.05) is 10.6 Å². The summed E-state index contributed by atoms with van der Waals surface area (Å²) in [6, 6.07) is 21.6. The molecule has 0 fully saturated rings. The number of nitriles is 1. The zero-order chi connectivity index (χ0) is 24.1. The smallest absolute Gasteiger partial charge is 0.419 e. The van der Waals surface area contributed by atoms with Crippen LogP contribution < -0.4 is 20.7 Å². The Morgan fingerprint density at radius 3 is 2.59 bits per heavy atom. The Morgan fingerprint density at radius 2 is 1.85 bits per heavy atom. The first-order valence-electron chi connectivity index (χ1n) is 10.3. The third-order valence-corrected chi connectivity index (χ3v) is 5.17. The number of nitrogens with one attached hydrogen (secondary N) is 3. The van der Waals surface area contributed by atoms with Gasteiger partial charge in [0.15, 0.2) is 5.11 Å². The zero-order valence-electron chi connectivity index (χ0n) is 18.0. The first-order chi connectivity index (χ1) is 16.4. The highest BCUT2D eigenvalue weighted by Crippen LogP contribution is 2.25. The van der Waals surface area contributed by atoms with Crippen LogP contribution in [0.2, 0.25) is 0 Å². The molecule has 0 aliphatic rings. The molecule has 9 heteroatoms. The Labute approximate surface area is 200 Å². The Morgan fingerprint density at radius 1 is 1.09 bits per heavy atom. The molecule has 1 heterocycles. The minimum Gasteiger partial charge on any atom is -0.425 e. The van der Waals surface area contributed by atoms with Gasteiger partial charge in [-0.25, -0.2) is 9.18 Å². The van der Waals surface area contributed by atoms with Gasteiger partial charge in [-0.1, -0.05) is 30.3 Å². The van der Waals surface area contributed by atoms with E-state index in [0.717, 1.165) is 10.9 Å². The molecule has 0 aliphatic carbocycles. The van der Waals surface area contributed by atoms with Crippen LogP contribution in [0.3, 0.4) is 0 Å². The molecule has 1 atom stereocenters. The maximum atomic E-state index is 13.1. The van der Waals surface area contributed by atoms with E-state index in [-0.39, 0.29) is 29.1 Å². The number of nitrogens with zero attached hydrogens (tertiary/aromatic N) is 1. The van der Waals surface area contributed by atoms with E-state index in [9.17, 15) is 14.4 Å². The lowest BCUT2D eigenvalue weighted by Gasteiger charge is -2.18. The largest absolute Gasteiger partial charge is 0.425 e. The highest BCUT2D eigenvalue weighted by molar-refractivity contribution is 7.80. The lowest BCUT2D eigenvalue weighted by atomic mass is 10.1. The van der Waals surface area contributed by atoms with Crippen LogP contribution >= 0.6 is 12.2 Å². The third-order valence-electron chi connectivity index (χ3n) is 4.95. The van der Waals surface area contributed by atoms with E-state index in [2.05, 4.69) is 16.0 Å². The van der Waals surface area contributed by atoms with Crippen molar-refractivity contribution >= 4 is 45.8 Å². The predicted octanol–water partition coefficient (Wildman–Crippen LogP) is 6.10. The number of hydrogen-bond donors (Lipinski definition) is 3. The van der Waals surface area contributed by atoms with E-state index in [4.69, 9.17) is 21.4 Å². The molecule has 4 aromatic rings. The predicted molar refractivity (Wildman–Crippen MR) is 131 cm³/mol. The minimum absolute atomic E-state index is 0.0437. The van der Waals surface area contributed by atoms with Crippen LogP contribution in [0.5, 0.6) is 5.95 Å². The maximum Gasteiger partial charge on any atom is 0.419 e. The number of ether oxygens (including phenoxy) is 1. The van der Waals surface area contributed by atoms with Gasteiger partial charge in [0.1, 0.15) is 17.5 Å². The van der Waals surface area contributed by atoms with Crippen molar-refractivity contribution < 1.29 is 18.3 Å². The molecule has 1 aromatic heterocycles. The van der Waals surface area contributed by atoms with Crippen LogP contribution in [0, 0.1) is 17.1 Å². The molecule has 0 aliphatic heterocycles. The van der Waals surface area contributed by atoms with Gasteiger partial charge in [-0.05, 0) is 61.1 Å². The molecule has 0 bridgehead atoms. The second-order valence-corrected chi connectivity index (χ2v) is 7.77. The molecular formula is C25H19FN4O3S. The van der Waals surface area contributed by atoms with Crippen LogP contribution in [-0.4, -0.2) is 11.2 Å². The number of para-hydroxylation sites is 1. The number of halogens is 1. The first kappa shape index (κ1) is 22.8. The molecule has 4 rings (SSSR count). The Kier molecular flexibility index (Phi) is 6.71. The summed E-state index contributed by atoms with van der Waals surface area (Å²) in [6.45, 7) is 1.89. The number of furan rings is 1. The maximum absolute atomic E-state index is 13.1. The fourth-order valence-electron chi connectivity index (χ4n) is 3.26. The van der Waals surface area contributed by atoms with Crippen LogP contribution in [-0.2, 0) is 0 Å². The van der Waals surface area contributed by atoms with Crippen molar-refractivity contribution in [3.8, 4) is 12.0 Å². The van der Waals surface area contributed by atoms with Gasteiger partial charge in [0.2, 0.25) is 0 Å². The number of anilines is 2. The standard InChI is InChI=1S/C25H19FN4O3S/c1-15(16-6-8-19(26)9-7-16)28-24(34)29-20-10-11-21(18(12-20)14-27)30-25(31)33-23-13-17-4-2-3-5-22(17)32-23/h2-13,15H,1H3,(H,30,31)(H2,28,29,34). The van der Waals surface area contributed by atoms with E-state index in [0.29, 0.717) is 16.4 Å². The second kappa shape index (κ2) is 10.0. The van der Waals surface area contributed by atoms with Crippen molar-refractivity contribution in [2.45, 2.75) is 13.0 Å². The zero-order valence-corrected chi connectivity index (χ0v) is 18.8. The van der Waals surface area contributed by atoms with Crippen LogP contribution in [0.25, 0.3) is 11.0 Å². The molecule has 34 heavy (non-hydrogen) atoms. The lowest BCUT2D eigenvalue weighted by molar-refractivity contribution is 0.203. The number of amides is 1. The van der Waals surface area contributed by atoms with E-state index in [1.54, 1.807) is 42.5 Å². The highest BCUT2D eigenvalue weighted by Gasteiger charge is 2.13. The van der Waals surface area contributed by atoms with Crippen molar-refractivity contribution in [3.05, 3.63) is 89.7 Å². The summed E-state index contributed by atoms with van der Waals surface area (Å²) < 4.78 is 23.8. The van der Waals surface area contributed by atoms with Gasteiger partial charge >= 0.3 is 6.09 Å². The number of rotatable bonds is 5. The van der Waals surface area contributed by atoms with Gasteiger partial charge in [0, 0.05) is 17.1 Å². The summed E-state index contributed by atoms with van der Waals surface area (Å²) >= 11 is 5.34. The van der Waals surface area contributed by atoms with Crippen LogP contribution in [0.15, 0.2) is 77.2 Å². The van der Waals surface area contributed by atoms with E-state index >= 15 is 0 Å². The van der Waals surface area contributed by atoms with E-state index < -0.39 is 6.09 Å². The SMILES string of the molecule is CC(NC(=S)Nc1ccc(NC(=O)Oc2cc3ccccc3o2)c(C#N)c1)c1ccc(F)cc1. The number of benzene rings is 3. The summed E-state index contributed by atoms with van der Waals surface area (Å²) in [4.78, 5) is 12.3. The fourth-order valence-corrected chi connectivity index (χ4v) is 3.55. The molecule has 1 unspecified atom stereocenters. The molecule has 170 valence electrons. The molecular weight excluding hydrogens is 455 g/mol. The van der Waals surface area contributed by atoms with Crippen LogP contribution in [0.4, 0.5) is 20.6 Å². The van der Waals surface area contributed by atoms with Gasteiger partial charge in [-0.3, -0.25) is 5.32 Å². The fraction of sp³-hybridized carbons (Fsp3) is 0.0800. The van der Waals surface area contributed by atoms with Crippen molar-refractivity contribution in [1.82, 2.24) is 5.32 Å². The molecule has 0 spiro atoms. The number of hydrogen-bond acceptors (Lipinski definition) is 5. The van der Waals surface area contributed by atoms with Gasteiger partial charge in [-0.2, -0.15) is 5.26 Å². The molecule has 0 saturated heterocycles. The van der Waals surface area contributed by atoms with E-state index in [1.807, 2.05) is 31.2 Å². The summed E-state index contributed by atoms with van der Waals surface area (Å²) in [5.41, 5.74) is 2.49. The van der Waals surface area contributed by atoms with Crippen LogP contribution in [0.1, 0.15) is 24.1 Å². The third kappa shape index (κ3) is 5.49. The first-order valence-corrected chi connectivity index (χ1v) is 10.7. The van der Waals surface area contributed by atoms with Crippen molar-refractivity contribution in [1.29, 1.82) is 5.26 Å². The monoisotopic (exact) mass is 474 g/mol. The molecule has 3 N–H and O–H groups in total. The number of carbonyl (C=O) groups excluding carboxylic acids is 1. The quantitative estimate of drug-likeness (QED) is 0.301. The average molecular weight is 475 g/mol. The highest BCUT2D eigenvalue weighted by atomic mass is 32.1. The topological polar surface area (TPSA) is 99.3 Å². The van der Waals surface area contributed by atoms with Gasteiger partial charge in [0.05, 0.1) is 17.3 Å². The van der Waals surface area contributed by atoms with Crippen molar-refractivity contribution in [2.24, 2.45) is 0 Å². The number of carbonyl (C=O) groups is 1. The van der Waals surface area contributed by atoms with Gasteiger partial charge in [-0.15, -0.1) is 0 Å². The van der Waals surface area contributed by atoms with Gasteiger partial charge in [0.25, 0.3) is 5.95 Å². The molecule has 0 saturated carbocycles. The Hall–Kier alpha value is -4.42. The second-order valence-electron chi connectivity index (χ2n) is 7.36. The summed E-state index contributed by atoms with van der Waals surface area (Å²) in [5.74, 6) is -0.266. The number of fused-ring (bicyclic) bond motifs is 1. The summed E-state index contributed by atoms with van der Waals surface area (Å²) in [7, 11) is 0. The minimum atomic E-state index is -0.790. The molecule has 7 nitrogen and oxygen atoms in total. The summed E-state index contributed by atoms with van der Waals surface area (Å²) in [6.07, 6.45) is -0.790. The number of thiocarbonyl (C=S) groups is 1.